The van der Waals surface area contributed by atoms with Crippen LogP contribution in [0, 0.1) is 23.2 Å². The zero-order valence-corrected chi connectivity index (χ0v) is 10.8. The Labute approximate surface area is 90.5 Å². The Hall–Kier alpha value is 0. The Balaban J connectivity index is 2.09. The highest BCUT2D eigenvalue weighted by atomic mass is 14.5. The number of rotatable bonds is 5. The van der Waals surface area contributed by atoms with Crippen LogP contribution in [0.3, 0.4) is 0 Å². The fraction of sp³-hybridized carbons (Fsp3) is 1.00. The van der Waals surface area contributed by atoms with Gasteiger partial charge in [-0.3, -0.25) is 0 Å². The van der Waals surface area contributed by atoms with Gasteiger partial charge in [0.05, 0.1) is 0 Å². The van der Waals surface area contributed by atoms with E-state index in [1.54, 1.807) is 0 Å². The van der Waals surface area contributed by atoms with Gasteiger partial charge in [-0.1, -0.05) is 53.9 Å². The number of hydrogen-bond donors (Lipinski definition) is 0. The average molecular weight is 196 g/mol. The minimum Gasteiger partial charge on any atom is -0.0628 e. The maximum atomic E-state index is 2.45. The summed E-state index contributed by atoms with van der Waals surface area (Å²) in [6, 6.07) is 0. The largest absolute Gasteiger partial charge is 0.0628 e. The zero-order chi connectivity index (χ0) is 10.8. The maximum absolute atomic E-state index is 2.45. The summed E-state index contributed by atoms with van der Waals surface area (Å²) in [4.78, 5) is 0. The van der Waals surface area contributed by atoms with E-state index in [0.717, 1.165) is 17.8 Å². The summed E-state index contributed by atoms with van der Waals surface area (Å²) in [7, 11) is 0. The summed E-state index contributed by atoms with van der Waals surface area (Å²) in [5, 5.41) is 0. The van der Waals surface area contributed by atoms with Crippen molar-refractivity contribution in [2.75, 3.05) is 0 Å². The standard InChI is InChI=1S/C14H28/c1-11(2)8-6-7-9-13-10-12(3)14(13,4)5/h11-13H,6-10H2,1-5H3. The topological polar surface area (TPSA) is 0 Å². The van der Waals surface area contributed by atoms with E-state index in [0.29, 0.717) is 5.41 Å². The van der Waals surface area contributed by atoms with E-state index < -0.39 is 0 Å². The molecule has 2 unspecified atom stereocenters. The molecular weight excluding hydrogens is 168 g/mol. The molecule has 0 nitrogen and oxygen atoms in total. The van der Waals surface area contributed by atoms with Gasteiger partial charge in [-0.2, -0.15) is 0 Å². The fourth-order valence-corrected chi connectivity index (χ4v) is 2.71. The van der Waals surface area contributed by atoms with E-state index in [1.807, 2.05) is 0 Å². The summed E-state index contributed by atoms with van der Waals surface area (Å²) < 4.78 is 0. The van der Waals surface area contributed by atoms with Gasteiger partial charge in [-0.15, -0.1) is 0 Å². The normalized spacial score (nSPS) is 30.4. The molecule has 0 N–H and O–H groups in total. The van der Waals surface area contributed by atoms with E-state index in [4.69, 9.17) is 0 Å². The molecular formula is C14H28. The molecule has 0 heterocycles. The van der Waals surface area contributed by atoms with Crippen molar-refractivity contribution >= 4 is 0 Å². The van der Waals surface area contributed by atoms with Crippen molar-refractivity contribution in [3.63, 3.8) is 0 Å². The third-order valence-corrected chi connectivity index (χ3v) is 4.54. The van der Waals surface area contributed by atoms with Crippen LogP contribution in [0.4, 0.5) is 0 Å². The van der Waals surface area contributed by atoms with Crippen LogP contribution in [-0.2, 0) is 0 Å². The molecule has 1 saturated carbocycles. The number of unbranched alkanes of at least 4 members (excludes halogenated alkanes) is 1. The summed E-state index contributed by atoms with van der Waals surface area (Å²) in [6.07, 6.45) is 7.28. The quantitative estimate of drug-likeness (QED) is 0.549. The molecule has 0 spiro atoms. The first-order chi connectivity index (χ1) is 6.44. The minimum atomic E-state index is 0.637. The van der Waals surface area contributed by atoms with Crippen molar-refractivity contribution in [2.24, 2.45) is 23.2 Å². The highest BCUT2D eigenvalue weighted by molar-refractivity contribution is 4.93. The Morgan fingerprint density at radius 3 is 2.29 bits per heavy atom. The van der Waals surface area contributed by atoms with Crippen molar-refractivity contribution in [1.29, 1.82) is 0 Å². The van der Waals surface area contributed by atoms with Crippen LogP contribution < -0.4 is 0 Å². The monoisotopic (exact) mass is 196 g/mol. The Morgan fingerprint density at radius 1 is 1.21 bits per heavy atom. The van der Waals surface area contributed by atoms with Crippen molar-refractivity contribution in [2.45, 2.75) is 66.7 Å². The lowest BCUT2D eigenvalue weighted by Gasteiger charge is -2.51. The van der Waals surface area contributed by atoms with E-state index in [1.165, 1.54) is 32.1 Å². The van der Waals surface area contributed by atoms with Gasteiger partial charge in [-0.05, 0) is 36.0 Å². The molecule has 0 bridgehead atoms. The first kappa shape index (κ1) is 12.1. The predicted molar refractivity (Wildman–Crippen MR) is 64.4 cm³/mol. The van der Waals surface area contributed by atoms with E-state index >= 15 is 0 Å². The van der Waals surface area contributed by atoms with Crippen molar-refractivity contribution in [1.82, 2.24) is 0 Å². The van der Waals surface area contributed by atoms with Crippen molar-refractivity contribution < 1.29 is 0 Å². The van der Waals surface area contributed by atoms with Crippen LogP contribution in [0.25, 0.3) is 0 Å². The van der Waals surface area contributed by atoms with Gasteiger partial charge in [0.2, 0.25) is 0 Å². The van der Waals surface area contributed by atoms with Gasteiger partial charge >= 0.3 is 0 Å². The first-order valence-corrected chi connectivity index (χ1v) is 6.44. The smallest absolute Gasteiger partial charge is 0.0300 e. The second-order valence-corrected chi connectivity index (χ2v) is 6.33. The van der Waals surface area contributed by atoms with Crippen LogP contribution in [0.15, 0.2) is 0 Å². The second kappa shape index (κ2) is 4.68. The van der Waals surface area contributed by atoms with Crippen LogP contribution in [0.2, 0.25) is 0 Å². The molecule has 0 heteroatoms. The van der Waals surface area contributed by atoms with E-state index in [9.17, 15) is 0 Å². The fourth-order valence-electron chi connectivity index (χ4n) is 2.71. The Morgan fingerprint density at radius 2 is 1.86 bits per heavy atom. The zero-order valence-electron chi connectivity index (χ0n) is 10.8. The van der Waals surface area contributed by atoms with Gasteiger partial charge in [-0.25, -0.2) is 0 Å². The summed E-state index contributed by atoms with van der Waals surface area (Å²) >= 11 is 0. The Kier molecular flexibility index (Phi) is 4.04. The lowest BCUT2D eigenvalue weighted by atomic mass is 9.54. The van der Waals surface area contributed by atoms with Crippen LogP contribution in [0.5, 0.6) is 0 Å². The molecule has 1 aliphatic carbocycles. The summed E-state index contributed by atoms with van der Waals surface area (Å²) in [5.41, 5.74) is 0.637. The molecule has 14 heavy (non-hydrogen) atoms. The van der Waals surface area contributed by atoms with Gasteiger partial charge in [0.1, 0.15) is 0 Å². The average Bonchev–Trinajstić information content (AvgIpc) is 2.10. The minimum absolute atomic E-state index is 0.637. The molecule has 0 aliphatic heterocycles. The van der Waals surface area contributed by atoms with Crippen LogP contribution in [-0.4, -0.2) is 0 Å². The molecule has 1 fully saturated rings. The molecule has 2 atom stereocenters. The maximum Gasteiger partial charge on any atom is -0.0300 e. The molecule has 0 aromatic rings. The molecule has 84 valence electrons. The molecule has 0 saturated heterocycles. The van der Waals surface area contributed by atoms with Gasteiger partial charge in [0, 0.05) is 0 Å². The van der Waals surface area contributed by atoms with Crippen LogP contribution >= 0.6 is 0 Å². The van der Waals surface area contributed by atoms with Crippen molar-refractivity contribution in [3.05, 3.63) is 0 Å². The van der Waals surface area contributed by atoms with Gasteiger partial charge in [0.15, 0.2) is 0 Å². The molecule has 0 aromatic heterocycles. The van der Waals surface area contributed by atoms with E-state index in [-0.39, 0.29) is 0 Å². The Bertz CT molecular complexity index is 167. The summed E-state index contributed by atoms with van der Waals surface area (Å²) in [6.45, 7) is 12.0. The van der Waals surface area contributed by atoms with Gasteiger partial charge < -0.3 is 0 Å². The lowest BCUT2D eigenvalue weighted by Crippen LogP contribution is -2.42. The SMILES string of the molecule is CC(C)CCCCC1CC(C)C1(C)C. The van der Waals surface area contributed by atoms with Gasteiger partial charge in [0.25, 0.3) is 0 Å². The molecule has 1 aliphatic rings. The highest BCUT2D eigenvalue weighted by Crippen LogP contribution is 2.52. The third-order valence-electron chi connectivity index (χ3n) is 4.54. The second-order valence-electron chi connectivity index (χ2n) is 6.33. The molecule has 0 aromatic carbocycles. The highest BCUT2D eigenvalue weighted by Gasteiger charge is 2.44. The van der Waals surface area contributed by atoms with Crippen LogP contribution in [0.1, 0.15) is 66.7 Å². The lowest BCUT2D eigenvalue weighted by molar-refractivity contribution is -0.0146. The predicted octanol–water partition coefficient (Wildman–Crippen LogP) is 4.89. The molecule has 1 rings (SSSR count). The molecule has 0 radical (unpaired) electrons. The van der Waals surface area contributed by atoms with Crippen molar-refractivity contribution in [3.8, 4) is 0 Å². The number of hydrogen-bond acceptors (Lipinski definition) is 0. The third kappa shape index (κ3) is 2.74. The molecule has 0 amide bonds. The first-order valence-electron chi connectivity index (χ1n) is 6.44. The summed E-state index contributed by atoms with van der Waals surface area (Å²) in [5.74, 6) is 2.87. The van der Waals surface area contributed by atoms with E-state index in [2.05, 4.69) is 34.6 Å².